The lowest BCUT2D eigenvalue weighted by atomic mass is 9.49. The van der Waals surface area contributed by atoms with Crippen molar-refractivity contribution in [1.29, 1.82) is 0 Å². The molecule has 0 unspecified atom stereocenters. The van der Waals surface area contributed by atoms with Crippen LogP contribution in [0.3, 0.4) is 0 Å². The fraction of sp³-hybridized carbons (Fsp3) is 0.571. The highest BCUT2D eigenvalue weighted by Gasteiger charge is 2.54. The highest BCUT2D eigenvalue weighted by atomic mass is 32.2. The monoisotopic (exact) mass is 399 g/mol. The van der Waals surface area contributed by atoms with Crippen LogP contribution in [0.2, 0.25) is 0 Å². The summed E-state index contributed by atoms with van der Waals surface area (Å²) in [6.45, 7) is 0. The van der Waals surface area contributed by atoms with Gasteiger partial charge in [0.1, 0.15) is 5.75 Å². The number of ether oxygens (including phenoxy) is 1. The molecule has 0 atom stereocenters. The maximum absolute atomic E-state index is 12.2. The summed E-state index contributed by atoms with van der Waals surface area (Å²) in [5.41, 5.74) is 0.845. The number of thioether (sulfide) groups is 1. The first-order valence-electron chi connectivity index (χ1n) is 10.0. The Kier molecular flexibility index (Phi) is 4.57. The zero-order valence-corrected chi connectivity index (χ0v) is 16.8. The van der Waals surface area contributed by atoms with E-state index in [4.69, 9.17) is 9.15 Å². The first-order chi connectivity index (χ1) is 13.6. The van der Waals surface area contributed by atoms with Gasteiger partial charge < -0.3 is 14.5 Å². The van der Waals surface area contributed by atoms with Crippen LogP contribution in [-0.2, 0) is 10.2 Å². The van der Waals surface area contributed by atoms with Crippen LogP contribution in [0.25, 0.3) is 0 Å². The van der Waals surface area contributed by atoms with Gasteiger partial charge in [-0.3, -0.25) is 4.79 Å². The fourth-order valence-corrected chi connectivity index (χ4v) is 6.42. The molecule has 4 aliphatic rings. The molecule has 4 bridgehead atoms. The summed E-state index contributed by atoms with van der Waals surface area (Å²) in [7, 11) is 1.62. The molecule has 6 rings (SSSR count). The van der Waals surface area contributed by atoms with Gasteiger partial charge in [-0.05, 0) is 80.5 Å². The van der Waals surface area contributed by atoms with Gasteiger partial charge in [0.2, 0.25) is 11.8 Å². The van der Waals surface area contributed by atoms with Crippen molar-refractivity contribution in [1.82, 2.24) is 10.2 Å². The van der Waals surface area contributed by atoms with Crippen LogP contribution in [0.5, 0.6) is 5.75 Å². The van der Waals surface area contributed by atoms with Gasteiger partial charge in [-0.2, -0.15) is 0 Å². The van der Waals surface area contributed by atoms with E-state index in [1.807, 2.05) is 24.3 Å². The van der Waals surface area contributed by atoms with Gasteiger partial charge in [0.15, 0.2) is 0 Å². The largest absolute Gasteiger partial charge is 0.497 e. The summed E-state index contributed by atoms with van der Waals surface area (Å²) in [5.74, 6) is 4.23. The Morgan fingerprint density at radius 1 is 1.14 bits per heavy atom. The SMILES string of the molecule is COc1ccc(NC(=O)CSc2nnc(C34CC5CC(CC(C5)C3)C4)o2)cc1. The number of nitrogens with one attached hydrogen (secondary N) is 1. The molecule has 148 valence electrons. The normalized spacial score (nSPS) is 30.4. The van der Waals surface area contributed by atoms with E-state index < -0.39 is 0 Å². The van der Waals surface area contributed by atoms with Crippen molar-refractivity contribution in [2.75, 3.05) is 18.2 Å². The molecule has 1 amide bonds. The standard InChI is InChI=1S/C21H25N3O3S/c1-26-17-4-2-16(3-5-17)22-18(25)12-28-20-24-23-19(27-20)21-9-13-6-14(10-21)8-15(7-13)11-21/h2-5,13-15H,6-12H2,1H3,(H,22,25). The van der Waals surface area contributed by atoms with Crippen LogP contribution < -0.4 is 10.1 Å². The molecule has 1 N–H and O–H groups in total. The van der Waals surface area contributed by atoms with Crippen LogP contribution in [0.15, 0.2) is 33.9 Å². The number of anilines is 1. The maximum Gasteiger partial charge on any atom is 0.277 e. The van der Waals surface area contributed by atoms with E-state index in [2.05, 4.69) is 15.5 Å². The van der Waals surface area contributed by atoms with E-state index in [-0.39, 0.29) is 17.1 Å². The molecule has 6 nitrogen and oxygen atoms in total. The first-order valence-corrected chi connectivity index (χ1v) is 11.0. The van der Waals surface area contributed by atoms with Crippen LogP contribution in [-0.4, -0.2) is 29.0 Å². The second kappa shape index (κ2) is 7.10. The molecule has 2 aromatic rings. The van der Waals surface area contributed by atoms with E-state index in [1.54, 1.807) is 7.11 Å². The minimum absolute atomic E-state index is 0.0929. The Morgan fingerprint density at radius 2 is 1.79 bits per heavy atom. The average Bonchev–Trinajstić information content (AvgIpc) is 3.16. The van der Waals surface area contributed by atoms with Crippen molar-refractivity contribution < 1.29 is 13.9 Å². The van der Waals surface area contributed by atoms with E-state index in [9.17, 15) is 4.79 Å². The first kappa shape index (κ1) is 18.0. The zero-order chi connectivity index (χ0) is 19.1. The Balaban J connectivity index is 1.19. The Hall–Kier alpha value is -2.02. The third-order valence-electron chi connectivity index (χ3n) is 6.60. The molecule has 1 heterocycles. The quantitative estimate of drug-likeness (QED) is 0.731. The number of rotatable bonds is 6. The Bertz CT molecular complexity index is 829. The van der Waals surface area contributed by atoms with Crippen LogP contribution in [0, 0.1) is 17.8 Å². The lowest BCUT2D eigenvalue weighted by molar-refractivity contribution is -0.113. The fourth-order valence-electron chi connectivity index (χ4n) is 5.85. The third kappa shape index (κ3) is 3.41. The highest BCUT2D eigenvalue weighted by molar-refractivity contribution is 7.99. The summed E-state index contributed by atoms with van der Waals surface area (Å²) in [6, 6.07) is 7.27. The molecule has 1 aromatic heterocycles. The topological polar surface area (TPSA) is 77.2 Å². The summed E-state index contributed by atoms with van der Waals surface area (Å²) < 4.78 is 11.2. The minimum Gasteiger partial charge on any atom is -0.497 e. The summed E-state index contributed by atoms with van der Waals surface area (Å²) >= 11 is 1.30. The summed E-state index contributed by atoms with van der Waals surface area (Å²) in [4.78, 5) is 12.2. The number of methoxy groups -OCH3 is 1. The lowest BCUT2D eigenvalue weighted by Gasteiger charge is -2.55. The van der Waals surface area contributed by atoms with Gasteiger partial charge in [0.05, 0.1) is 12.9 Å². The van der Waals surface area contributed by atoms with Gasteiger partial charge >= 0.3 is 0 Å². The molecule has 1 aromatic carbocycles. The van der Waals surface area contributed by atoms with Gasteiger partial charge in [-0.1, -0.05) is 11.8 Å². The predicted octanol–water partition coefficient (Wildman–Crippen LogP) is 4.28. The molecule has 4 fully saturated rings. The number of hydrogen-bond donors (Lipinski definition) is 1. The molecule has 0 saturated heterocycles. The van der Waals surface area contributed by atoms with E-state index in [1.165, 1.54) is 50.3 Å². The van der Waals surface area contributed by atoms with Gasteiger partial charge in [0, 0.05) is 11.1 Å². The summed E-state index contributed by atoms with van der Waals surface area (Å²) in [6.07, 6.45) is 7.76. The molecular weight excluding hydrogens is 374 g/mol. The van der Waals surface area contributed by atoms with Crippen LogP contribution >= 0.6 is 11.8 Å². The van der Waals surface area contributed by atoms with Crippen molar-refractivity contribution in [3.05, 3.63) is 30.2 Å². The second-order valence-corrected chi connectivity index (χ2v) is 9.56. The number of carbonyl (C=O) groups is 1. The number of aromatic nitrogens is 2. The van der Waals surface area contributed by atoms with Crippen molar-refractivity contribution in [2.24, 2.45) is 17.8 Å². The van der Waals surface area contributed by atoms with E-state index in [0.717, 1.165) is 35.1 Å². The minimum atomic E-state index is -0.0929. The highest BCUT2D eigenvalue weighted by Crippen LogP contribution is 2.60. The second-order valence-electron chi connectivity index (χ2n) is 8.64. The van der Waals surface area contributed by atoms with Crippen molar-refractivity contribution in [3.63, 3.8) is 0 Å². The molecule has 0 spiro atoms. The number of nitrogens with zero attached hydrogens (tertiary/aromatic N) is 2. The van der Waals surface area contributed by atoms with E-state index >= 15 is 0 Å². The van der Waals surface area contributed by atoms with Crippen molar-refractivity contribution >= 4 is 23.4 Å². The number of benzene rings is 1. The molecule has 28 heavy (non-hydrogen) atoms. The van der Waals surface area contributed by atoms with Gasteiger partial charge in [0.25, 0.3) is 5.22 Å². The van der Waals surface area contributed by atoms with E-state index in [0.29, 0.717) is 5.22 Å². The van der Waals surface area contributed by atoms with Crippen LogP contribution in [0.4, 0.5) is 5.69 Å². The Morgan fingerprint density at radius 3 is 2.39 bits per heavy atom. The molecule has 7 heteroatoms. The van der Waals surface area contributed by atoms with Gasteiger partial charge in [-0.15, -0.1) is 10.2 Å². The predicted molar refractivity (Wildman–Crippen MR) is 106 cm³/mol. The van der Waals surface area contributed by atoms with Crippen molar-refractivity contribution in [2.45, 2.75) is 49.2 Å². The summed E-state index contributed by atoms with van der Waals surface area (Å²) in [5, 5.41) is 12.0. The molecule has 0 radical (unpaired) electrons. The van der Waals surface area contributed by atoms with Crippen LogP contribution in [0.1, 0.15) is 44.4 Å². The molecule has 4 saturated carbocycles. The number of hydrogen-bond acceptors (Lipinski definition) is 6. The third-order valence-corrected chi connectivity index (χ3v) is 7.42. The Labute approximate surface area is 168 Å². The molecule has 4 aliphatic carbocycles. The van der Waals surface area contributed by atoms with Crippen molar-refractivity contribution in [3.8, 4) is 5.75 Å². The maximum atomic E-state index is 12.2. The number of carbonyl (C=O) groups excluding carboxylic acids is 1. The number of amides is 1. The molecular formula is C21H25N3O3S. The molecule has 0 aliphatic heterocycles. The lowest BCUT2D eigenvalue weighted by Crippen LogP contribution is -2.48. The smallest absolute Gasteiger partial charge is 0.277 e. The van der Waals surface area contributed by atoms with Gasteiger partial charge in [-0.25, -0.2) is 0 Å². The average molecular weight is 400 g/mol. The zero-order valence-electron chi connectivity index (χ0n) is 16.0.